The molecule has 5 N–H and O–H groups in total. The van der Waals surface area contributed by atoms with Gasteiger partial charge in [0.15, 0.2) is 5.78 Å². The number of aromatic nitrogens is 1. The number of fused-ring (bicyclic) bond motifs is 1. The van der Waals surface area contributed by atoms with Crippen LogP contribution in [0.1, 0.15) is 36.0 Å². The first kappa shape index (κ1) is 23.6. The quantitative estimate of drug-likeness (QED) is 0.431. The molecule has 0 saturated heterocycles. The van der Waals surface area contributed by atoms with Gasteiger partial charge in [-0.3, -0.25) is 14.6 Å². The maximum absolute atomic E-state index is 13.2. The average molecular weight is 433 g/mol. The molecule has 0 aliphatic rings. The predicted molar refractivity (Wildman–Crippen MR) is 128 cm³/mol. The van der Waals surface area contributed by atoms with Crippen molar-refractivity contribution in [2.45, 2.75) is 51.1 Å². The first-order chi connectivity index (χ1) is 15.5. The second-order valence-corrected chi connectivity index (χ2v) is 8.31. The molecule has 1 heterocycles. The van der Waals surface area contributed by atoms with Gasteiger partial charge in [-0.05, 0) is 68.5 Å². The molecule has 2 aromatic carbocycles. The molecular weight excluding hydrogens is 400 g/mol. The van der Waals surface area contributed by atoms with E-state index in [9.17, 15) is 9.59 Å². The van der Waals surface area contributed by atoms with E-state index in [2.05, 4.69) is 16.4 Å². The SMILES string of the molecule is Cc1ccc2ncc(CC(=O)[C@@H](CCc3ccccc3)NC(=O)[C@@H](N)CCCN)cc2c1. The van der Waals surface area contributed by atoms with Gasteiger partial charge in [-0.25, -0.2) is 0 Å². The van der Waals surface area contributed by atoms with Gasteiger partial charge in [-0.2, -0.15) is 0 Å². The number of amides is 1. The largest absolute Gasteiger partial charge is 0.345 e. The van der Waals surface area contributed by atoms with Crippen LogP contribution in [0.4, 0.5) is 0 Å². The summed E-state index contributed by atoms with van der Waals surface area (Å²) in [7, 11) is 0. The van der Waals surface area contributed by atoms with Crippen LogP contribution in [0.15, 0.2) is 60.8 Å². The summed E-state index contributed by atoms with van der Waals surface area (Å²) in [4.78, 5) is 30.3. The van der Waals surface area contributed by atoms with Crippen LogP contribution in [0.2, 0.25) is 0 Å². The van der Waals surface area contributed by atoms with Crippen LogP contribution >= 0.6 is 0 Å². The van der Waals surface area contributed by atoms with E-state index >= 15 is 0 Å². The molecule has 0 bridgehead atoms. The number of Topliss-reactive ketones (excluding diaryl/α,β-unsaturated/α-hetero) is 1. The van der Waals surface area contributed by atoms with Crippen LogP contribution in [-0.2, 0) is 22.4 Å². The third-order valence-electron chi connectivity index (χ3n) is 5.60. The summed E-state index contributed by atoms with van der Waals surface area (Å²) in [5.41, 5.74) is 15.5. The van der Waals surface area contributed by atoms with Crippen molar-refractivity contribution in [3.05, 3.63) is 77.5 Å². The summed E-state index contributed by atoms with van der Waals surface area (Å²) in [5, 5.41) is 3.89. The smallest absolute Gasteiger partial charge is 0.237 e. The van der Waals surface area contributed by atoms with Gasteiger partial charge in [0.25, 0.3) is 0 Å². The molecule has 1 amide bonds. The number of ketones is 1. The van der Waals surface area contributed by atoms with Gasteiger partial charge >= 0.3 is 0 Å². The van der Waals surface area contributed by atoms with Gasteiger partial charge in [-0.1, -0.05) is 42.0 Å². The predicted octanol–water partition coefficient (Wildman–Crippen LogP) is 2.84. The normalized spacial score (nSPS) is 13.0. The lowest BCUT2D eigenvalue weighted by molar-refractivity contribution is -0.128. The number of pyridine rings is 1. The zero-order chi connectivity index (χ0) is 22.9. The molecular formula is C26H32N4O2. The van der Waals surface area contributed by atoms with Crippen molar-refractivity contribution in [3.8, 4) is 0 Å². The Morgan fingerprint density at radius 3 is 2.56 bits per heavy atom. The lowest BCUT2D eigenvalue weighted by Gasteiger charge is -2.20. The highest BCUT2D eigenvalue weighted by molar-refractivity contribution is 5.92. The zero-order valence-electron chi connectivity index (χ0n) is 18.6. The van der Waals surface area contributed by atoms with E-state index in [1.54, 1.807) is 6.20 Å². The molecule has 3 aromatic rings. The lowest BCUT2D eigenvalue weighted by atomic mass is 9.97. The summed E-state index contributed by atoms with van der Waals surface area (Å²) in [6.07, 6.45) is 4.30. The number of hydrogen-bond donors (Lipinski definition) is 3. The molecule has 0 aliphatic heterocycles. The number of nitrogens with zero attached hydrogens (tertiary/aromatic N) is 1. The minimum atomic E-state index is -0.670. The maximum atomic E-state index is 13.2. The van der Waals surface area contributed by atoms with Crippen LogP contribution in [0, 0.1) is 6.92 Å². The van der Waals surface area contributed by atoms with E-state index in [1.807, 2.05) is 55.5 Å². The molecule has 6 heteroatoms. The van der Waals surface area contributed by atoms with Gasteiger partial charge < -0.3 is 16.8 Å². The van der Waals surface area contributed by atoms with E-state index in [4.69, 9.17) is 11.5 Å². The Labute approximate surface area is 189 Å². The first-order valence-electron chi connectivity index (χ1n) is 11.1. The fourth-order valence-corrected chi connectivity index (χ4v) is 3.73. The summed E-state index contributed by atoms with van der Waals surface area (Å²) in [5.74, 6) is -0.355. The topological polar surface area (TPSA) is 111 Å². The van der Waals surface area contributed by atoms with Crippen molar-refractivity contribution in [2.75, 3.05) is 6.54 Å². The number of carbonyl (C=O) groups is 2. The minimum absolute atomic E-state index is 0.0471. The Morgan fingerprint density at radius 2 is 1.81 bits per heavy atom. The number of benzene rings is 2. The number of aryl methyl sites for hydroxylation is 2. The highest BCUT2D eigenvalue weighted by Crippen LogP contribution is 2.17. The fraction of sp³-hybridized carbons (Fsp3) is 0.346. The third-order valence-corrected chi connectivity index (χ3v) is 5.60. The van der Waals surface area contributed by atoms with Crippen molar-refractivity contribution in [1.82, 2.24) is 10.3 Å². The van der Waals surface area contributed by atoms with Crippen molar-refractivity contribution >= 4 is 22.6 Å². The lowest BCUT2D eigenvalue weighted by Crippen LogP contribution is -2.49. The molecule has 168 valence electrons. The van der Waals surface area contributed by atoms with E-state index < -0.39 is 12.1 Å². The first-order valence-corrected chi connectivity index (χ1v) is 11.1. The molecule has 0 aliphatic carbocycles. The average Bonchev–Trinajstić information content (AvgIpc) is 2.80. The monoisotopic (exact) mass is 432 g/mol. The standard InChI is InChI=1S/C26H32N4O2/c1-18-9-11-23-21(14-18)15-20(17-29-23)16-25(31)24(12-10-19-6-3-2-4-7-19)30-26(32)22(28)8-5-13-27/h2-4,6-7,9,11,14-15,17,22,24H,5,8,10,12-13,16,27-28H2,1H3,(H,30,32)/t22-,24+/m0/s1. The van der Waals surface area contributed by atoms with Gasteiger partial charge in [0, 0.05) is 18.0 Å². The summed E-state index contributed by atoms with van der Waals surface area (Å²) in [6, 6.07) is 16.7. The van der Waals surface area contributed by atoms with Crippen molar-refractivity contribution in [3.63, 3.8) is 0 Å². The number of nitrogens with two attached hydrogens (primary N) is 2. The highest BCUT2D eigenvalue weighted by Gasteiger charge is 2.23. The fourth-order valence-electron chi connectivity index (χ4n) is 3.73. The molecule has 2 atom stereocenters. The number of carbonyl (C=O) groups excluding carboxylic acids is 2. The van der Waals surface area contributed by atoms with Crippen molar-refractivity contribution < 1.29 is 9.59 Å². The van der Waals surface area contributed by atoms with E-state index in [-0.39, 0.29) is 18.1 Å². The molecule has 0 saturated carbocycles. The molecule has 0 fully saturated rings. The zero-order valence-corrected chi connectivity index (χ0v) is 18.6. The number of rotatable bonds is 11. The molecule has 32 heavy (non-hydrogen) atoms. The van der Waals surface area contributed by atoms with E-state index in [0.29, 0.717) is 32.2 Å². The van der Waals surface area contributed by atoms with E-state index in [1.165, 1.54) is 0 Å². The highest BCUT2D eigenvalue weighted by atomic mass is 16.2. The molecule has 0 spiro atoms. The Morgan fingerprint density at radius 1 is 1.03 bits per heavy atom. The molecule has 1 aromatic heterocycles. The minimum Gasteiger partial charge on any atom is -0.345 e. The van der Waals surface area contributed by atoms with Gasteiger partial charge in [0.2, 0.25) is 5.91 Å². The molecule has 3 rings (SSSR count). The number of nitrogens with one attached hydrogen (secondary N) is 1. The van der Waals surface area contributed by atoms with Gasteiger partial charge in [-0.15, -0.1) is 0 Å². The van der Waals surface area contributed by atoms with E-state index in [0.717, 1.165) is 27.6 Å². The molecule has 0 unspecified atom stereocenters. The summed E-state index contributed by atoms with van der Waals surface area (Å²) < 4.78 is 0. The van der Waals surface area contributed by atoms with Crippen LogP contribution in [0.3, 0.4) is 0 Å². The van der Waals surface area contributed by atoms with Crippen molar-refractivity contribution in [1.29, 1.82) is 0 Å². The van der Waals surface area contributed by atoms with Crippen LogP contribution in [0.25, 0.3) is 10.9 Å². The second-order valence-electron chi connectivity index (χ2n) is 8.31. The molecule has 6 nitrogen and oxygen atoms in total. The Balaban J connectivity index is 1.73. The Bertz CT molecular complexity index is 1050. The second kappa shape index (κ2) is 11.5. The number of hydrogen-bond acceptors (Lipinski definition) is 5. The summed E-state index contributed by atoms with van der Waals surface area (Å²) >= 11 is 0. The maximum Gasteiger partial charge on any atom is 0.237 e. The van der Waals surface area contributed by atoms with Gasteiger partial charge in [0.1, 0.15) is 0 Å². The van der Waals surface area contributed by atoms with Crippen LogP contribution < -0.4 is 16.8 Å². The third kappa shape index (κ3) is 6.70. The Hall–Kier alpha value is -3.09. The van der Waals surface area contributed by atoms with Gasteiger partial charge in [0.05, 0.1) is 17.6 Å². The van der Waals surface area contributed by atoms with Crippen LogP contribution in [0.5, 0.6) is 0 Å². The summed E-state index contributed by atoms with van der Waals surface area (Å²) in [6.45, 7) is 2.51. The molecule has 0 radical (unpaired) electrons. The van der Waals surface area contributed by atoms with Crippen molar-refractivity contribution in [2.24, 2.45) is 11.5 Å². The van der Waals surface area contributed by atoms with Crippen LogP contribution in [-0.4, -0.2) is 35.3 Å². The Kier molecular flexibility index (Phi) is 8.48.